The van der Waals surface area contributed by atoms with Crippen LogP contribution in [0.4, 0.5) is 10.1 Å². The third kappa shape index (κ3) is 3.67. The Labute approximate surface area is 154 Å². The fraction of sp³-hybridized carbons (Fsp3) is 0.333. The van der Waals surface area contributed by atoms with Gasteiger partial charge >= 0.3 is 5.97 Å². The van der Waals surface area contributed by atoms with Crippen molar-refractivity contribution < 1.29 is 23.5 Å². The van der Waals surface area contributed by atoms with Crippen molar-refractivity contribution in [1.82, 2.24) is 4.90 Å². The number of amides is 1. The lowest BCUT2D eigenvalue weighted by atomic mass is 10.1. The van der Waals surface area contributed by atoms with Crippen molar-refractivity contribution in [3.8, 4) is 0 Å². The van der Waals surface area contributed by atoms with Gasteiger partial charge in [0.25, 0.3) is 5.91 Å². The van der Waals surface area contributed by atoms with Gasteiger partial charge < -0.3 is 19.3 Å². The minimum absolute atomic E-state index is 0.170. The van der Waals surface area contributed by atoms with Crippen LogP contribution in [0.25, 0.3) is 0 Å². The minimum atomic E-state index is -1.05. The van der Waals surface area contributed by atoms with E-state index in [4.69, 9.17) is 21.1 Å². The number of halogens is 2. The van der Waals surface area contributed by atoms with Gasteiger partial charge in [-0.05, 0) is 25.1 Å². The van der Waals surface area contributed by atoms with Crippen LogP contribution in [0.1, 0.15) is 21.7 Å². The predicted molar refractivity (Wildman–Crippen MR) is 94.3 cm³/mol. The molecule has 1 saturated heterocycles. The van der Waals surface area contributed by atoms with Crippen molar-refractivity contribution in [2.75, 3.05) is 31.1 Å². The largest absolute Gasteiger partial charge is 0.481 e. The average Bonchev–Trinajstić information content (AvgIpc) is 2.94. The number of rotatable bonds is 4. The smallest absolute Gasteiger partial charge is 0.311 e. The Hall–Kier alpha value is -2.54. The number of furan rings is 1. The van der Waals surface area contributed by atoms with Crippen molar-refractivity contribution in [2.24, 2.45) is 0 Å². The molecule has 2 aromatic rings. The summed E-state index contributed by atoms with van der Waals surface area (Å²) in [6, 6.07) is 4.24. The van der Waals surface area contributed by atoms with Crippen LogP contribution in [-0.2, 0) is 11.2 Å². The fourth-order valence-electron chi connectivity index (χ4n) is 3.10. The van der Waals surface area contributed by atoms with Crippen molar-refractivity contribution >= 4 is 29.2 Å². The van der Waals surface area contributed by atoms with Gasteiger partial charge in [0.2, 0.25) is 0 Å². The maximum absolute atomic E-state index is 13.2. The normalized spacial score (nSPS) is 14.6. The molecule has 1 aliphatic heterocycles. The van der Waals surface area contributed by atoms with Crippen LogP contribution in [0.2, 0.25) is 5.02 Å². The van der Waals surface area contributed by atoms with Crippen LogP contribution in [-0.4, -0.2) is 48.1 Å². The highest BCUT2D eigenvalue weighted by atomic mass is 35.5. The summed E-state index contributed by atoms with van der Waals surface area (Å²) in [7, 11) is 0. The van der Waals surface area contributed by atoms with E-state index in [-0.39, 0.29) is 18.1 Å². The standard InChI is InChI=1S/C18H18ClFN2O4/c1-11-10-26-15(9-16(23)24)17(11)18(25)22-6-4-21(5-7-22)14-3-2-12(20)8-13(14)19/h2-3,8,10H,4-7,9H2,1H3,(H,23,24). The lowest BCUT2D eigenvalue weighted by molar-refractivity contribution is -0.136. The second-order valence-electron chi connectivity index (χ2n) is 6.16. The molecule has 2 heterocycles. The van der Waals surface area contributed by atoms with E-state index >= 15 is 0 Å². The fourth-order valence-corrected chi connectivity index (χ4v) is 3.39. The van der Waals surface area contributed by atoms with Crippen LogP contribution in [0.3, 0.4) is 0 Å². The maximum Gasteiger partial charge on any atom is 0.311 e. The van der Waals surface area contributed by atoms with Gasteiger partial charge in [0.05, 0.1) is 22.5 Å². The molecule has 0 radical (unpaired) electrons. The molecule has 0 aliphatic carbocycles. The average molecular weight is 381 g/mol. The molecule has 138 valence electrons. The zero-order chi connectivity index (χ0) is 18.8. The van der Waals surface area contributed by atoms with Gasteiger partial charge in [-0.1, -0.05) is 11.6 Å². The number of hydrogen-bond donors (Lipinski definition) is 1. The van der Waals surface area contributed by atoms with E-state index in [0.717, 1.165) is 5.69 Å². The van der Waals surface area contributed by atoms with Crippen molar-refractivity contribution in [3.05, 3.63) is 52.2 Å². The third-order valence-electron chi connectivity index (χ3n) is 4.39. The van der Waals surface area contributed by atoms with Gasteiger partial charge in [-0.2, -0.15) is 0 Å². The number of piperazine rings is 1. The van der Waals surface area contributed by atoms with E-state index in [9.17, 15) is 14.0 Å². The third-order valence-corrected chi connectivity index (χ3v) is 4.70. The number of hydrogen-bond acceptors (Lipinski definition) is 4. The summed E-state index contributed by atoms with van der Waals surface area (Å²) >= 11 is 6.10. The Kier molecular flexibility index (Phi) is 5.18. The van der Waals surface area contributed by atoms with Gasteiger partial charge in [-0.15, -0.1) is 0 Å². The molecular formula is C18H18ClFN2O4. The van der Waals surface area contributed by atoms with E-state index in [1.54, 1.807) is 17.9 Å². The molecule has 26 heavy (non-hydrogen) atoms. The lowest BCUT2D eigenvalue weighted by Gasteiger charge is -2.36. The van der Waals surface area contributed by atoms with Gasteiger partial charge in [-0.25, -0.2) is 4.39 Å². The molecule has 0 spiro atoms. The van der Waals surface area contributed by atoms with Gasteiger partial charge in [0, 0.05) is 31.7 Å². The molecule has 1 aromatic carbocycles. The Morgan fingerprint density at radius 2 is 1.96 bits per heavy atom. The molecule has 1 aromatic heterocycles. The van der Waals surface area contributed by atoms with Gasteiger partial charge in [0.1, 0.15) is 18.0 Å². The minimum Gasteiger partial charge on any atom is -0.481 e. The highest BCUT2D eigenvalue weighted by molar-refractivity contribution is 6.33. The highest BCUT2D eigenvalue weighted by Gasteiger charge is 2.28. The zero-order valence-corrected chi connectivity index (χ0v) is 14.9. The second-order valence-corrected chi connectivity index (χ2v) is 6.57. The number of anilines is 1. The Morgan fingerprint density at radius 3 is 2.58 bits per heavy atom. The number of carbonyl (C=O) groups is 2. The van der Waals surface area contributed by atoms with Gasteiger partial charge in [0.15, 0.2) is 0 Å². The summed E-state index contributed by atoms with van der Waals surface area (Å²) in [6.07, 6.45) is 1.07. The second kappa shape index (κ2) is 7.37. The number of carboxylic acid groups (broad SMARTS) is 1. The van der Waals surface area contributed by atoms with Gasteiger partial charge in [-0.3, -0.25) is 9.59 Å². The predicted octanol–water partition coefficient (Wildman–Crippen LogP) is 2.97. The maximum atomic E-state index is 13.2. The molecule has 3 rings (SSSR count). The molecular weight excluding hydrogens is 363 g/mol. The molecule has 1 amide bonds. The molecule has 1 N–H and O–H groups in total. The molecule has 8 heteroatoms. The first-order chi connectivity index (χ1) is 12.4. The zero-order valence-electron chi connectivity index (χ0n) is 14.2. The monoisotopic (exact) mass is 380 g/mol. The summed E-state index contributed by atoms with van der Waals surface area (Å²) in [5.41, 5.74) is 1.67. The topological polar surface area (TPSA) is 74.0 Å². The summed E-state index contributed by atoms with van der Waals surface area (Å²) in [5, 5.41) is 9.30. The quantitative estimate of drug-likeness (QED) is 0.882. The Balaban J connectivity index is 1.71. The molecule has 0 atom stereocenters. The number of aliphatic carboxylic acids is 1. The number of carbonyl (C=O) groups excluding carboxylic acids is 1. The molecule has 1 fully saturated rings. The first-order valence-corrected chi connectivity index (χ1v) is 8.52. The van der Waals surface area contributed by atoms with E-state index in [1.165, 1.54) is 18.4 Å². The summed E-state index contributed by atoms with van der Waals surface area (Å²) < 4.78 is 18.4. The molecule has 1 aliphatic rings. The van der Waals surface area contributed by atoms with E-state index in [0.29, 0.717) is 42.3 Å². The Morgan fingerprint density at radius 1 is 1.27 bits per heavy atom. The van der Waals surface area contributed by atoms with E-state index in [2.05, 4.69) is 0 Å². The lowest BCUT2D eigenvalue weighted by Crippen LogP contribution is -2.49. The van der Waals surface area contributed by atoms with Crippen molar-refractivity contribution in [3.63, 3.8) is 0 Å². The summed E-state index contributed by atoms with van der Waals surface area (Å²) in [5.74, 6) is -1.51. The number of carboxylic acids is 1. The van der Waals surface area contributed by atoms with Crippen LogP contribution in [0.15, 0.2) is 28.9 Å². The molecule has 0 unspecified atom stereocenters. The van der Waals surface area contributed by atoms with Crippen molar-refractivity contribution in [1.29, 1.82) is 0 Å². The highest BCUT2D eigenvalue weighted by Crippen LogP contribution is 2.28. The number of aryl methyl sites for hydroxylation is 1. The SMILES string of the molecule is Cc1coc(CC(=O)O)c1C(=O)N1CCN(c2ccc(F)cc2Cl)CC1. The van der Waals surface area contributed by atoms with Crippen LogP contribution in [0.5, 0.6) is 0 Å². The number of benzene rings is 1. The van der Waals surface area contributed by atoms with E-state index < -0.39 is 11.8 Å². The number of nitrogens with zero attached hydrogens (tertiary/aromatic N) is 2. The summed E-state index contributed by atoms with van der Waals surface area (Å²) in [4.78, 5) is 27.4. The first kappa shape index (κ1) is 18.3. The molecule has 0 saturated carbocycles. The summed E-state index contributed by atoms with van der Waals surface area (Å²) in [6.45, 7) is 3.70. The van der Waals surface area contributed by atoms with Crippen molar-refractivity contribution in [2.45, 2.75) is 13.3 Å². The van der Waals surface area contributed by atoms with E-state index in [1.807, 2.05) is 4.90 Å². The molecule has 0 bridgehead atoms. The van der Waals surface area contributed by atoms with Crippen LogP contribution < -0.4 is 4.90 Å². The van der Waals surface area contributed by atoms with Crippen LogP contribution >= 0.6 is 11.6 Å². The molecule has 6 nitrogen and oxygen atoms in total. The Bertz CT molecular complexity index is 844. The first-order valence-electron chi connectivity index (χ1n) is 8.15. The van der Waals surface area contributed by atoms with Crippen LogP contribution in [0, 0.1) is 12.7 Å².